The number of carbonyl (C=O) groups excluding carboxylic acids is 1. The number of rotatable bonds is 2. The highest BCUT2D eigenvalue weighted by Gasteiger charge is 2.27. The Bertz CT molecular complexity index is 310. The molecule has 0 bridgehead atoms. The van der Waals surface area contributed by atoms with Crippen molar-refractivity contribution in [2.75, 3.05) is 26.2 Å². The molecule has 1 atom stereocenters. The van der Waals surface area contributed by atoms with Crippen molar-refractivity contribution in [2.45, 2.75) is 57.7 Å². The normalized spacial score (nSPS) is 25.6. The number of carbonyl (C=O) groups is 1. The maximum atomic E-state index is 12.0. The molecule has 0 aromatic carbocycles. The molecule has 2 aliphatic heterocycles. The summed E-state index contributed by atoms with van der Waals surface area (Å²) >= 11 is 0. The van der Waals surface area contributed by atoms with Gasteiger partial charge in [-0.15, -0.1) is 0 Å². The van der Waals surface area contributed by atoms with E-state index in [-0.39, 0.29) is 6.09 Å². The molecule has 0 aliphatic carbocycles. The van der Waals surface area contributed by atoms with Gasteiger partial charge in [-0.05, 0) is 40.0 Å². The molecular formula is C14H27N3O2. The van der Waals surface area contributed by atoms with Crippen LogP contribution in [0.1, 0.15) is 40.0 Å². The zero-order valence-electron chi connectivity index (χ0n) is 12.4. The molecule has 110 valence electrons. The van der Waals surface area contributed by atoms with Gasteiger partial charge in [0.05, 0.1) is 0 Å². The molecule has 5 heteroatoms. The molecule has 0 aromatic rings. The molecule has 5 nitrogen and oxygen atoms in total. The largest absolute Gasteiger partial charge is 0.444 e. The van der Waals surface area contributed by atoms with Crippen LogP contribution in [0.5, 0.6) is 0 Å². The molecule has 0 aromatic heterocycles. The summed E-state index contributed by atoms with van der Waals surface area (Å²) in [5, 5.41) is 6.93. The van der Waals surface area contributed by atoms with Crippen molar-refractivity contribution in [1.29, 1.82) is 0 Å². The Morgan fingerprint density at radius 2 is 1.95 bits per heavy atom. The summed E-state index contributed by atoms with van der Waals surface area (Å²) in [5.41, 5.74) is -0.404. The van der Waals surface area contributed by atoms with Gasteiger partial charge >= 0.3 is 6.09 Å². The van der Waals surface area contributed by atoms with Crippen LogP contribution >= 0.6 is 0 Å². The first-order valence-electron chi connectivity index (χ1n) is 7.39. The van der Waals surface area contributed by atoms with Crippen LogP contribution in [-0.4, -0.2) is 54.9 Å². The number of ether oxygens (including phenoxy) is 1. The fourth-order valence-electron chi connectivity index (χ4n) is 2.51. The summed E-state index contributed by atoms with van der Waals surface area (Å²) in [6, 6.07) is 1.16. The quantitative estimate of drug-likeness (QED) is 0.794. The van der Waals surface area contributed by atoms with Crippen LogP contribution < -0.4 is 10.6 Å². The van der Waals surface area contributed by atoms with Crippen LogP contribution in [0.15, 0.2) is 0 Å². The Hall–Kier alpha value is -0.810. The summed E-state index contributed by atoms with van der Waals surface area (Å²) in [5.74, 6) is 0. The number of likely N-dealkylation sites (tertiary alicyclic amines) is 1. The SMILES string of the molecule is CC(C)(C)OC(=O)N1CCCC(NC2CNC2)CC1. The second kappa shape index (κ2) is 6.09. The first kappa shape index (κ1) is 14.6. The number of hydrogen-bond acceptors (Lipinski definition) is 4. The average molecular weight is 269 g/mol. The van der Waals surface area contributed by atoms with Gasteiger partial charge in [0.1, 0.15) is 5.60 Å². The molecule has 2 N–H and O–H groups in total. The first-order chi connectivity index (χ1) is 8.94. The van der Waals surface area contributed by atoms with Gasteiger partial charge in [0.25, 0.3) is 0 Å². The van der Waals surface area contributed by atoms with E-state index in [1.165, 1.54) is 0 Å². The molecule has 2 saturated heterocycles. The summed E-state index contributed by atoms with van der Waals surface area (Å²) in [6.07, 6.45) is 3.06. The van der Waals surface area contributed by atoms with E-state index in [0.717, 1.165) is 45.4 Å². The monoisotopic (exact) mass is 269 g/mol. The smallest absolute Gasteiger partial charge is 0.410 e. The fraction of sp³-hybridized carbons (Fsp3) is 0.929. The van der Waals surface area contributed by atoms with Crippen LogP contribution in [0.2, 0.25) is 0 Å². The van der Waals surface area contributed by atoms with Crippen molar-refractivity contribution in [3.63, 3.8) is 0 Å². The van der Waals surface area contributed by atoms with Crippen LogP contribution in [0.4, 0.5) is 4.79 Å². The van der Waals surface area contributed by atoms with Crippen molar-refractivity contribution in [3.05, 3.63) is 0 Å². The third-order valence-corrected chi connectivity index (χ3v) is 3.63. The Kier molecular flexibility index (Phi) is 4.68. The minimum Gasteiger partial charge on any atom is -0.444 e. The molecule has 1 amide bonds. The molecule has 0 spiro atoms. The Balaban J connectivity index is 1.77. The van der Waals surface area contributed by atoms with Crippen LogP contribution in [0.3, 0.4) is 0 Å². The Labute approximate surface area is 116 Å². The predicted molar refractivity (Wildman–Crippen MR) is 75.2 cm³/mol. The Morgan fingerprint density at radius 1 is 1.21 bits per heavy atom. The van der Waals surface area contributed by atoms with Crippen molar-refractivity contribution in [2.24, 2.45) is 0 Å². The van der Waals surface area contributed by atoms with Gasteiger partial charge in [0.15, 0.2) is 0 Å². The number of amides is 1. The summed E-state index contributed by atoms with van der Waals surface area (Å²) in [6.45, 7) is 9.51. The summed E-state index contributed by atoms with van der Waals surface area (Å²) < 4.78 is 5.44. The molecule has 2 heterocycles. The predicted octanol–water partition coefficient (Wildman–Crippen LogP) is 1.34. The number of nitrogens with zero attached hydrogens (tertiary/aromatic N) is 1. The van der Waals surface area contributed by atoms with Crippen molar-refractivity contribution in [1.82, 2.24) is 15.5 Å². The molecular weight excluding hydrogens is 242 g/mol. The minimum absolute atomic E-state index is 0.168. The maximum Gasteiger partial charge on any atom is 0.410 e. The second-order valence-corrected chi connectivity index (χ2v) is 6.62. The molecule has 2 fully saturated rings. The highest BCUT2D eigenvalue weighted by Crippen LogP contribution is 2.16. The zero-order chi connectivity index (χ0) is 13.9. The van der Waals surface area contributed by atoms with E-state index < -0.39 is 5.60 Å². The molecule has 19 heavy (non-hydrogen) atoms. The fourth-order valence-corrected chi connectivity index (χ4v) is 2.51. The van der Waals surface area contributed by atoms with E-state index in [2.05, 4.69) is 10.6 Å². The molecule has 2 rings (SSSR count). The highest BCUT2D eigenvalue weighted by molar-refractivity contribution is 5.68. The van der Waals surface area contributed by atoms with E-state index >= 15 is 0 Å². The van der Waals surface area contributed by atoms with Crippen molar-refractivity contribution >= 4 is 6.09 Å². The topological polar surface area (TPSA) is 53.6 Å². The summed E-state index contributed by atoms with van der Waals surface area (Å²) in [7, 11) is 0. The van der Waals surface area contributed by atoms with Crippen molar-refractivity contribution in [3.8, 4) is 0 Å². The highest BCUT2D eigenvalue weighted by atomic mass is 16.6. The lowest BCUT2D eigenvalue weighted by Crippen LogP contribution is -2.58. The van der Waals surface area contributed by atoms with Crippen molar-refractivity contribution < 1.29 is 9.53 Å². The molecule has 2 aliphatic rings. The number of nitrogens with one attached hydrogen (secondary N) is 2. The van der Waals surface area contributed by atoms with Crippen LogP contribution in [0.25, 0.3) is 0 Å². The minimum atomic E-state index is -0.404. The Morgan fingerprint density at radius 3 is 2.53 bits per heavy atom. The standard InChI is InChI=1S/C14H27N3O2/c1-14(2,3)19-13(18)17-7-4-5-11(6-8-17)16-12-9-15-10-12/h11-12,15-16H,4-10H2,1-3H3. The summed E-state index contributed by atoms with van der Waals surface area (Å²) in [4.78, 5) is 13.9. The van der Waals surface area contributed by atoms with Gasteiger partial charge in [-0.1, -0.05) is 0 Å². The first-order valence-corrected chi connectivity index (χ1v) is 7.39. The lowest BCUT2D eigenvalue weighted by molar-refractivity contribution is 0.0256. The second-order valence-electron chi connectivity index (χ2n) is 6.62. The molecule has 0 saturated carbocycles. The van der Waals surface area contributed by atoms with E-state index in [1.807, 2.05) is 25.7 Å². The lowest BCUT2D eigenvalue weighted by Gasteiger charge is -2.32. The van der Waals surface area contributed by atoms with Gasteiger partial charge in [-0.2, -0.15) is 0 Å². The molecule has 0 radical (unpaired) electrons. The van der Waals surface area contributed by atoms with Gasteiger partial charge < -0.3 is 20.3 Å². The van der Waals surface area contributed by atoms with Gasteiger partial charge in [-0.3, -0.25) is 0 Å². The van der Waals surface area contributed by atoms with E-state index in [9.17, 15) is 4.79 Å². The van der Waals surface area contributed by atoms with Gasteiger partial charge in [0.2, 0.25) is 0 Å². The van der Waals surface area contributed by atoms with Crippen LogP contribution in [0, 0.1) is 0 Å². The van der Waals surface area contributed by atoms with Gasteiger partial charge in [0, 0.05) is 38.3 Å². The lowest BCUT2D eigenvalue weighted by atomic mass is 10.1. The van der Waals surface area contributed by atoms with Gasteiger partial charge in [-0.25, -0.2) is 4.79 Å². The van der Waals surface area contributed by atoms with E-state index in [1.54, 1.807) is 0 Å². The average Bonchev–Trinajstić information content (AvgIpc) is 2.46. The molecule has 1 unspecified atom stereocenters. The van der Waals surface area contributed by atoms with Crippen LogP contribution in [-0.2, 0) is 4.74 Å². The van der Waals surface area contributed by atoms with E-state index in [4.69, 9.17) is 4.74 Å². The maximum absolute atomic E-state index is 12.0. The number of hydrogen-bond donors (Lipinski definition) is 2. The third-order valence-electron chi connectivity index (χ3n) is 3.63. The third kappa shape index (κ3) is 4.66. The zero-order valence-corrected chi connectivity index (χ0v) is 12.4. The van der Waals surface area contributed by atoms with E-state index in [0.29, 0.717) is 12.1 Å².